The summed E-state index contributed by atoms with van der Waals surface area (Å²) in [6.07, 6.45) is -1.16. The largest absolute Gasteiger partial charge is 0.480 e. The third kappa shape index (κ3) is 3.39. The Morgan fingerprint density at radius 1 is 1.60 bits per heavy atom. The van der Waals surface area contributed by atoms with Crippen LogP contribution in [0.3, 0.4) is 0 Å². The van der Waals surface area contributed by atoms with Gasteiger partial charge in [-0.15, -0.1) is 0 Å². The van der Waals surface area contributed by atoms with Gasteiger partial charge in [0, 0.05) is 6.42 Å². The molecule has 0 aliphatic heterocycles. The number of carbonyl (C=O) groups is 1. The van der Waals surface area contributed by atoms with Crippen LogP contribution in [-0.2, 0) is 4.79 Å². The molecule has 0 amide bonds. The van der Waals surface area contributed by atoms with Gasteiger partial charge in [0.1, 0.15) is 6.04 Å². The lowest BCUT2D eigenvalue weighted by Crippen LogP contribution is -2.35. The second-order valence-corrected chi connectivity index (χ2v) is 2.02. The summed E-state index contributed by atoms with van der Waals surface area (Å²) >= 11 is 0. The van der Waals surface area contributed by atoms with E-state index in [4.69, 9.17) is 21.1 Å². The minimum absolute atomic E-state index is 0.119. The number of aliphatic hydroxyl groups excluding tert-OH is 2. The molecule has 0 fully saturated rings. The predicted octanol–water partition coefficient (Wildman–Crippen LogP) is -1.86. The van der Waals surface area contributed by atoms with Crippen molar-refractivity contribution in [1.82, 2.24) is 0 Å². The van der Waals surface area contributed by atoms with Gasteiger partial charge in [-0.2, -0.15) is 0 Å². The fourth-order valence-corrected chi connectivity index (χ4v) is 0.468. The van der Waals surface area contributed by atoms with Crippen LogP contribution < -0.4 is 5.73 Å². The fraction of sp³-hybridized carbons (Fsp3) is 0.800. The molecule has 0 rings (SSSR count). The van der Waals surface area contributed by atoms with Gasteiger partial charge in [-0.05, 0) is 0 Å². The van der Waals surface area contributed by atoms with E-state index >= 15 is 0 Å². The maximum absolute atomic E-state index is 10.0. The summed E-state index contributed by atoms with van der Waals surface area (Å²) in [5.74, 6) is -1.17. The van der Waals surface area contributed by atoms with E-state index < -0.39 is 24.7 Å². The molecule has 0 bridgehead atoms. The lowest BCUT2D eigenvalue weighted by Gasteiger charge is -2.09. The fourth-order valence-electron chi connectivity index (χ4n) is 0.468. The Kier molecular flexibility index (Phi) is 3.94. The molecule has 0 aliphatic rings. The van der Waals surface area contributed by atoms with Crippen molar-refractivity contribution in [1.29, 1.82) is 0 Å². The van der Waals surface area contributed by atoms with Crippen LogP contribution in [0.1, 0.15) is 6.42 Å². The van der Waals surface area contributed by atoms with Crippen LogP contribution >= 0.6 is 0 Å². The smallest absolute Gasteiger partial charge is 0.320 e. The molecule has 2 atom stereocenters. The number of aliphatic hydroxyl groups is 2. The van der Waals surface area contributed by atoms with Crippen molar-refractivity contribution < 1.29 is 20.1 Å². The summed E-state index contributed by atoms with van der Waals surface area (Å²) in [7, 11) is 0. The molecule has 0 spiro atoms. The maximum Gasteiger partial charge on any atom is 0.320 e. The number of carboxylic acids is 1. The Hall–Kier alpha value is -0.650. The second kappa shape index (κ2) is 4.21. The third-order valence-electron chi connectivity index (χ3n) is 1.05. The molecule has 1 unspecified atom stereocenters. The summed E-state index contributed by atoms with van der Waals surface area (Å²) in [5, 5.41) is 25.2. The molecular weight excluding hydrogens is 138 g/mol. The van der Waals surface area contributed by atoms with E-state index in [2.05, 4.69) is 0 Å². The topological polar surface area (TPSA) is 104 Å². The summed E-state index contributed by atoms with van der Waals surface area (Å²) in [6.45, 7) is -0.457. The van der Waals surface area contributed by atoms with E-state index in [0.717, 1.165) is 0 Å². The number of nitrogens with two attached hydrogens (primary N) is 1. The predicted molar refractivity (Wildman–Crippen MR) is 33.3 cm³/mol. The zero-order valence-electron chi connectivity index (χ0n) is 5.40. The molecule has 0 heterocycles. The van der Waals surface area contributed by atoms with Gasteiger partial charge in [-0.3, -0.25) is 4.79 Å². The van der Waals surface area contributed by atoms with Crippen LogP contribution in [0, 0.1) is 0 Å². The number of rotatable bonds is 4. The Labute approximate surface area is 58.1 Å². The molecular formula is C5H11NO4. The van der Waals surface area contributed by atoms with Crippen LogP contribution in [0.15, 0.2) is 0 Å². The minimum Gasteiger partial charge on any atom is -0.480 e. The standard InChI is InChI=1S/C5H11NO4/c6-4(5(9)10)1-3(8)2-7/h3-4,7-8H,1-2,6H2,(H,9,10)/t3-,4?/m0/s1. The molecule has 0 radical (unpaired) electrons. The van der Waals surface area contributed by atoms with Crippen molar-refractivity contribution in [2.24, 2.45) is 5.73 Å². The van der Waals surface area contributed by atoms with Crippen LogP contribution in [0.5, 0.6) is 0 Å². The van der Waals surface area contributed by atoms with E-state index in [1.165, 1.54) is 0 Å². The SMILES string of the molecule is NC(C[C@H](O)CO)C(=O)O. The molecule has 0 aromatic heterocycles. The van der Waals surface area contributed by atoms with Crippen molar-refractivity contribution in [2.75, 3.05) is 6.61 Å². The molecule has 0 aromatic carbocycles. The van der Waals surface area contributed by atoms with Crippen molar-refractivity contribution in [3.63, 3.8) is 0 Å². The van der Waals surface area contributed by atoms with E-state index in [0.29, 0.717) is 0 Å². The average Bonchev–Trinajstić information content (AvgIpc) is 1.87. The molecule has 10 heavy (non-hydrogen) atoms. The summed E-state index contributed by atoms with van der Waals surface area (Å²) < 4.78 is 0. The maximum atomic E-state index is 10.0. The van der Waals surface area contributed by atoms with Crippen LogP contribution in [0.25, 0.3) is 0 Å². The average molecular weight is 149 g/mol. The first kappa shape index (κ1) is 9.35. The zero-order chi connectivity index (χ0) is 8.15. The lowest BCUT2D eigenvalue weighted by molar-refractivity contribution is -0.139. The highest BCUT2D eigenvalue weighted by Gasteiger charge is 2.15. The molecule has 0 saturated carbocycles. The van der Waals surface area contributed by atoms with E-state index in [1.807, 2.05) is 0 Å². The van der Waals surface area contributed by atoms with E-state index in [9.17, 15) is 4.79 Å². The molecule has 5 heteroatoms. The number of aliphatic carboxylic acids is 1. The van der Waals surface area contributed by atoms with Gasteiger partial charge < -0.3 is 21.1 Å². The Bertz CT molecular complexity index is 116. The van der Waals surface area contributed by atoms with Gasteiger partial charge in [-0.25, -0.2) is 0 Å². The van der Waals surface area contributed by atoms with Crippen molar-refractivity contribution >= 4 is 5.97 Å². The molecule has 0 aromatic rings. The Balaban J connectivity index is 3.56. The van der Waals surface area contributed by atoms with Gasteiger partial charge in [0.15, 0.2) is 0 Å². The molecule has 5 N–H and O–H groups in total. The van der Waals surface area contributed by atoms with Crippen molar-refractivity contribution in [3.05, 3.63) is 0 Å². The third-order valence-corrected chi connectivity index (χ3v) is 1.05. The second-order valence-electron chi connectivity index (χ2n) is 2.02. The Morgan fingerprint density at radius 3 is 2.40 bits per heavy atom. The number of hydrogen-bond acceptors (Lipinski definition) is 4. The first-order valence-corrected chi connectivity index (χ1v) is 2.85. The van der Waals surface area contributed by atoms with Crippen LogP contribution in [-0.4, -0.2) is 40.0 Å². The quantitative estimate of drug-likeness (QED) is 0.375. The molecule has 0 saturated heterocycles. The van der Waals surface area contributed by atoms with E-state index in [-0.39, 0.29) is 6.42 Å². The zero-order valence-corrected chi connectivity index (χ0v) is 5.40. The minimum atomic E-state index is -1.17. The monoisotopic (exact) mass is 149 g/mol. The molecule has 60 valence electrons. The number of carboxylic acid groups (broad SMARTS) is 1. The van der Waals surface area contributed by atoms with E-state index in [1.54, 1.807) is 0 Å². The number of hydrogen-bond donors (Lipinski definition) is 4. The van der Waals surface area contributed by atoms with Gasteiger partial charge in [0.25, 0.3) is 0 Å². The normalized spacial score (nSPS) is 16.3. The molecule has 0 aliphatic carbocycles. The first-order valence-electron chi connectivity index (χ1n) is 2.85. The van der Waals surface area contributed by atoms with Crippen LogP contribution in [0.4, 0.5) is 0 Å². The highest BCUT2D eigenvalue weighted by Crippen LogP contribution is 1.94. The van der Waals surface area contributed by atoms with Crippen LogP contribution in [0.2, 0.25) is 0 Å². The van der Waals surface area contributed by atoms with Gasteiger partial charge >= 0.3 is 5.97 Å². The summed E-state index contributed by atoms with van der Waals surface area (Å²) in [4.78, 5) is 10.0. The summed E-state index contributed by atoms with van der Waals surface area (Å²) in [6, 6.07) is -1.10. The van der Waals surface area contributed by atoms with Gasteiger partial charge in [0.2, 0.25) is 0 Å². The summed E-state index contributed by atoms with van der Waals surface area (Å²) in [5.41, 5.74) is 5.02. The Morgan fingerprint density at radius 2 is 2.10 bits per heavy atom. The van der Waals surface area contributed by atoms with Gasteiger partial charge in [-0.1, -0.05) is 0 Å². The van der Waals surface area contributed by atoms with Crippen molar-refractivity contribution in [3.8, 4) is 0 Å². The lowest BCUT2D eigenvalue weighted by atomic mass is 10.1. The first-order chi connectivity index (χ1) is 4.57. The van der Waals surface area contributed by atoms with Gasteiger partial charge in [0.05, 0.1) is 12.7 Å². The van der Waals surface area contributed by atoms with Crippen molar-refractivity contribution in [2.45, 2.75) is 18.6 Å². The highest BCUT2D eigenvalue weighted by atomic mass is 16.4. The highest BCUT2D eigenvalue weighted by molar-refractivity contribution is 5.73. The molecule has 5 nitrogen and oxygen atoms in total.